The maximum Gasteiger partial charge on any atom is 0.182 e. The van der Waals surface area contributed by atoms with E-state index in [1.165, 1.54) is 0 Å². The van der Waals surface area contributed by atoms with Crippen LogP contribution in [0.2, 0.25) is 5.02 Å². The molecular weight excluding hydrogens is 248 g/mol. The van der Waals surface area contributed by atoms with Crippen LogP contribution < -0.4 is 5.49 Å². The van der Waals surface area contributed by atoms with Gasteiger partial charge in [-0.2, -0.15) is 0 Å². The zero-order chi connectivity index (χ0) is 13.1. The zero-order valence-electron chi connectivity index (χ0n) is 9.98. The van der Waals surface area contributed by atoms with E-state index in [0.717, 1.165) is 5.56 Å². The summed E-state index contributed by atoms with van der Waals surface area (Å²) in [6, 6.07) is 10.5. The molecule has 4 heteroatoms. The summed E-state index contributed by atoms with van der Waals surface area (Å²) in [5, 5.41) is 8.48. The fourth-order valence-corrected chi connectivity index (χ4v) is 1.81. The Balaban J connectivity index is 2.24. The molecule has 1 N–H and O–H groups in total. The third-order valence-electron chi connectivity index (χ3n) is 2.75. The van der Waals surface area contributed by atoms with E-state index in [-0.39, 0.29) is 12.3 Å². The summed E-state index contributed by atoms with van der Waals surface area (Å²) in [6.45, 7) is 2.02. The van der Waals surface area contributed by atoms with Gasteiger partial charge < -0.3 is 4.57 Å². The van der Waals surface area contributed by atoms with E-state index in [4.69, 9.17) is 17.0 Å². The quantitative estimate of drug-likeness (QED) is 0.848. The van der Waals surface area contributed by atoms with Gasteiger partial charge in [0.05, 0.1) is 6.54 Å². The van der Waals surface area contributed by atoms with E-state index in [0.29, 0.717) is 16.1 Å². The summed E-state index contributed by atoms with van der Waals surface area (Å²) in [6.07, 6.45) is 1.74. The molecule has 92 valence electrons. The molecule has 2 aromatic rings. The van der Waals surface area contributed by atoms with Crippen LogP contribution in [0.25, 0.3) is 0 Å². The summed E-state index contributed by atoms with van der Waals surface area (Å²) in [4.78, 5) is 12.0. The first-order valence-corrected chi connectivity index (χ1v) is 5.95. The van der Waals surface area contributed by atoms with Crippen LogP contribution >= 0.6 is 11.6 Å². The van der Waals surface area contributed by atoms with Gasteiger partial charge in [-0.15, -0.1) is 0 Å². The van der Waals surface area contributed by atoms with Gasteiger partial charge in [-0.05, 0) is 42.8 Å². The smallest absolute Gasteiger partial charge is 0.182 e. The highest BCUT2D eigenvalue weighted by molar-refractivity contribution is 6.30. The minimum Gasteiger partial charge on any atom is -0.325 e. The lowest BCUT2D eigenvalue weighted by Crippen LogP contribution is -2.25. The van der Waals surface area contributed by atoms with Gasteiger partial charge in [-0.25, -0.2) is 0 Å². The van der Waals surface area contributed by atoms with Crippen LogP contribution in [-0.2, 0) is 6.54 Å². The molecule has 0 saturated heterocycles. The second kappa shape index (κ2) is 5.19. The van der Waals surface area contributed by atoms with Gasteiger partial charge in [0.15, 0.2) is 5.78 Å². The lowest BCUT2D eigenvalue weighted by Gasteiger charge is -2.07. The van der Waals surface area contributed by atoms with E-state index in [1.807, 2.05) is 19.1 Å². The number of aryl methyl sites for hydroxylation is 1. The molecule has 0 aliphatic carbocycles. The first kappa shape index (κ1) is 12.6. The van der Waals surface area contributed by atoms with Gasteiger partial charge in [0.25, 0.3) is 0 Å². The zero-order valence-corrected chi connectivity index (χ0v) is 10.7. The van der Waals surface area contributed by atoms with Crippen molar-refractivity contribution < 1.29 is 4.79 Å². The van der Waals surface area contributed by atoms with E-state index in [9.17, 15) is 4.79 Å². The molecule has 0 aliphatic heterocycles. The molecule has 0 atom stereocenters. The molecule has 0 spiro atoms. The van der Waals surface area contributed by atoms with Crippen LogP contribution in [0.3, 0.4) is 0 Å². The van der Waals surface area contributed by atoms with Gasteiger partial charge in [-0.3, -0.25) is 10.2 Å². The number of carbonyl (C=O) groups excluding carboxylic acids is 1. The SMILES string of the molecule is Cc1cccn(CC(=O)c2ccc(Cl)cc2)c1=N. The lowest BCUT2D eigenvalue weighted by molar-refractivity contribution is 0.0970. The number of nitrogens with zero attached hydrogens (tertiary/aromatic N) is 1. The molecule has 18 heavy (non-hydrogen) atoms. The van der Waals surface area contributed by atoms with Crippen LogP contribution in [0.5, 0.6) is 0 Å². The van der Waals surface area contributed by atoms with E-state index < -0.39 is 0 Å². The Morgan fingerprint density at radius 3 is 2.61 bits per heavy atom. The molecular formula is C14H13ClN2O. The van der Waals surface area contributed by atoms with E-state index >= 15 is 0 Å². The molecule has 0 bridgehead atoms. The number of pyridine rings is 1. The van der Waals surface area contributed by atoms with Crippen LogP contribution in [0.4, 0.5) is 0 Å². The topological polar surface area (TPSA) is 45.9 Å². The normalized spacial score (nSPS) is 10.3. The van der Waals surface area contributed by atoms with E-state index in [2.05, 4.69) is 0 Å². The summed E-state index contributed by atoms with van der Waals surface area (Å²) >= 11 is 5.78. The molecule has 0 radical (unpaired) electrons. The number of rotatable bonds is 3. The van der Waals surface area contributed by atoms with Crippen LogP contribution in [0.1, 0.15) is 15.9 Å². The summed E-state index contributed by atoms with van der Waals surface area (Å²) in [7, 11) is 0. The molecule has 0 amide bonds. The van der Waals surface area contributed by atoms with Gasteiger partial charge in [0.1, 0.15) is 5.49 Å². The Labute approximate surface area is 110 Å². The Morgan fingerprint density at radius 1 is 1.28 bits per heavy atom. The second-order valence-electron chi connectivity index (χ2n) is 4.10. The Kier molecular flexibility index (Phi) is 3.63. The average Bonchev–Trinajstić information content (AvgIpc) is 2.36. The summed E-state index contributed by atoms with van der Waals surface area (Å²) < 4.78 is 1.63. The molecule has 0 unspecified atom stereocenters. The molecule has 0 saturated carbocycles. The van der Waals surface area contributed by atoms with Crippen molar-refractivity contribution in [1.82, 2.24) is 4.57 Å². The molecule has 2 rings (SSSR count). The molecule has 1 aromatic heterocycles. The molecule has 0 aliphatic rings. The number of ketones is 1. The number of hydrogen-bond acceptors (Lipinski definition) is 2. The van der Waals surface area contributed by atoms with Crippen molar-refractivity contribution in [3.8, 4) is 0 Å². The van der Waals surface area contributed by atoms with Gasteiger partial charge in [-0.1, -0.05) is 17.7 Å². The fourth-order valence-electron chi connectivity index (χ4n) is 1.68. The van der Waals surface area contributed by atoms with Crippen LogP contribution in [-0.4, -0.2) is 10.4 Å². The molecule has 3 nitrogen and oxygen atoms in total. The van der Waals surface area contributed by atoms with Crippen LogP contribution in [0.15, 0.2) is 42.6 Å². The van der Waals surface area contributed by atoms with Crippen LogP contribution in [0, 0.1) is 12.3 Å². The van der Waals surface area contributed by atoms with Gasteiger partial charge in [0, 0.05) is 16.8 Å². The fraction of sp³-hybridized carbons (Fsp3) is 0.143. The van der Waals surface area contributed by atoms with Crippen molar-refractivity contribution in [2.75, 3.05) is 0 Å². The number of benzene rings is 1. The number of halogens is 1. The van der Waals surface area contributed by atoms with Crippen molar-refractivity contribution in [3.05, 3.63) is 64.2 Å². The minimum absolute atomic E-state index is 0.0317. The molecule has 0 fully saturated rings. The number of aromatic nitrogens is 1. The van der Waals surface area contributed by atoms with Gasteiger partial charge >= 0.3 is 0 Å². The third-order valence-corrected chi connectivity index (χ3v) is 3.01. The number of hydrogen-bond donors (Lipinski definition) is 1. The highest BCUT2D eigenvalue weighted by Gasteiger charge is 2.07. The van der Waals surface area contributed by atoms with Crippen molar-refractivity contribution in [3.63, 3.8) is 0 Å². The summed E-state index contributed by atoms with van der Waals surface area (Å²) in [5.74, 6) is -0.0317. The van der Waals surface area contributed by atoms with Crippen molar-refractivity contribution >= 4 is 17.4 Å². The molecule has 1 aromatic carbocycles. The minimum atomic E-state index is -0.0317. The predicted molar refractivity (Wildman–Crippen MR) is 70.8 cm³/mol. The van der Waals surface area contributed by atoms with Crippen molar-refractivity contribution in [1.29, 1.82) is 5.41 Å². The maximum absolute atomic E-state index is 12.0. The monoisotopic (exact) mass is 260 g/mol. The first-order valence-electron chi connectivity index (χ1n) is 5.57. The Morgan fingerprint density at radius 2 is 1.94 bits per heavy atom. The third kappa shape index (κ3) is 2.68. The largest absolute Gasteiger partial charge is 0.325 e. The lowest BCUT2D eigenvalue weighted by atomic mass is 10.1. The maximum atomic E-state index is 12.0. The molecule has 1 heterocycles. The number of carbonyl (C=O) groups is 1. The second-order valence-corrected chi connectivity index (χ2v) is 4.53. The van der Waals surface area contributed by atoms with E-state index in [1.54, 1.807) is 35.0 Å². The first-order chi connectivity index (χ1) is 8.58. The van der Waals surface area contributed by atoms with Crippen molar-refractivity contribution in [2.45, 2.75) is 13.5 Å². The van der Waals surface area contributed by atoms with Crippen molar-refractivity contribution in [2.24, 2.45) is 0 Å². The highest BCUT2D eigenvalue weighted by atomic mass is 35.5. The standard InChI is InChI=1S/C14H13ClN2O/c1-10-3-2-8-17(14(10)16)9-13(18)11-4-6-12(15)7-5-11/h2-8,16H,9H2,1H3. The predicted octanol–water partition coefficient (Wildman–Crippen LogP) is 2.81. The number of Topliss-reactive ketones (excluding diaryl/α,β-unsaturated/α-hetero) is 1. The summed E-state index contributed by atoms with van der Waals surface area (Å²) in [5.41, 5.74) is 1.81. The van der Waals surface area contributed by atoms with Gasteiger partial charge in [0.2, 0.25) is 0 Å². The number of nitrogens with one attached hydrogen (secondary N) is 1. The Hall–Kier alpha value is -1.87. The highest BCUT2D eigenvalue weighted by Crippen LogP contribution is 2.10. The average molecular weight is 261 g/mol. The Bertz CT molecular complexity index is 629.